The monoisotopic (exact) mass is 389 g/mol. The third-order valence-electron chi connectivity index (χ3n) is 3.76. The van der Waals surface area contributed by atoms with Gasteiger partial charge in [0.2, 0.25) is 0 Å². The van der Waals surface area contributed by atoms with Crippen molar-refractivity contribution < 1.29 is 9.53 Å². The average molecular weight is 390 g/mol. The largest absolute Gasteiger partial charge is 0.471 e. The molecule has 0 saturated heterocycles. The fourth-order valence-corrected chi connectivity index (χ4v) is 2.94. The summed E-state index contributed by atoms with van der Waals surface area (Å²) in [5.74, 6) is 0.380. The molecule has 0 fully saturated rings. The number of aryl methyl sites for hydroxylation is 2. The minimum atomic E-state index is -0.398. The summed E-state index contributed by atoms with van der Waals surface area (Å²) in [5, 5.41) is 7.63. The molecule has 7 heteroatoms. The minimum Gasteiger partial charge on any atom is -0.471 e. The molecule has 0 radical (unpaired) electrons. The number of halogens is 2. The number of ether oxygens (including phenoxy) is 1. The number of carbonyl (C=O) groups is 1. The van der Waals surface area contributed by atoms with Crippen LogP contribution in [0.5, 0.6) is 5.75 Å². The van der Waals surface area contributed by atoms with E-state index in [4.69, 9.17) is 27.9 Å². The van der Waals surface area contributed by atoms with Crippen molar-refractivity contribution >= 4 is 34.8 Å². The summed E-state index contributed by atoms with van der Waals surface area (Å²) in [7, 11) is 0. The molecule has 1 amide bonds. The number of nitrogens with one attached hydrogen (secondary N) is 1. The average Bonchev–Trinajstić information content (AvgIpc) is 3.06. The van der Waals surface area contributed by atoms with Crippen molar-refractivity contribution in [1.29, 1.82) is 0 Å². The minimum absolute atomic E-state index is 0.198. The van der Waals surface area contributed by atoms with E-state index in [1.165, 1.54) is 5.56 Å². The summed E-state index contributed by atoms with van der Waals surface area (Å²) in [4.78, 5) is 12.4. The lowest BCUT2D eigenvalue weighted by Gasteiger charge is -2.10. The second-order valence-electron chi connectivity index (χ2n) is 5.83. The second-order valence-corrected chi connectivity index (χ2v) is 6.65. The van der Waals surface area contributed by atoms with Crippen molar-refractivity contribution in [2.45, 2.75) is 20.6 Å². The molecule has 0 aliphatic heterocycles. The number of aromatic nitrogens is 2. The zero-order valence-corrected chi connectivity index (χ0v) is 15.8. The van der Waals surface area contributed by atoms with E-state index >= 15 is 0 Å². The summed E-state index contributed by atoms with van der Waals surface area (Å²) in [6.07, 6.45) is 1.67. The standard InChI is InChI=1S/C19H17Cl2N3O2/c1-12-6-7-17(13(2)10-12)26-11-24-9-8-16(23-24)19(25)22-18-14(20)4-3-5-15(18)21/h3-10H,11H2,1-2H3,(H,22,25). The van der Waals surface area contributed by atoms with Crippen LogP contribution in [0.15, 0.2) is 48.7 Å². The van der Waals surface area contributed by atoms with Crippen LogP contribution in [0.25, 0.3) is 0 Å². The van der Waals surface area contributed by atoms with Crippen LogP contribution in [-0.2, 0) is 6.73 Å². The zero-order valence-electron chi connectivity index (χ0n) is 14.3. The highest BCUT2D eigenvalue weighted by atomic mass is 35.5. The molecule has 1 aromatic heterocycles. The predicted octanol–water partition coefficient (Wildman–Crippen LogP) is 5.10. The predicted molar refractivity (Wildman–Crippen MR) is 103 cm³/mol. The molecule has 1 heterocycles. The Kier molecular flexibility index (Phi) is 5.49. The molecule has 0 bridgehead atoms. The number of para-hydroxylation sites is 1. The fourth-order valence-electron chi connectivity index (χ4n) is 2.45. The molecule has 0 atom stereocenters. The fraction of sp³-hybridized carbons (Fsp3) is 0.158. The van der Waals surface area contributed by atoms with E-state index in [2.05, 4.69) is 10.4 Å². The topological polar surface area (TPSA) is 56.1 Å². The normalized spacial score (nSPS) is 10.6. The van der Waals surface area contributed by atoms with Gasteiger partial charge in [-0.1, -0.05) is 47.0 Å². The molecule has 3 aromatic rings. The first-order chi connectivity index (χ1) is 12.4. The maximum atomic E-state index is 12.4. The number of rotatable bonds is 5. The van der Waals surface area contributed by atoms with E-state index < -0.39 is 5.91 Å². The first-order valence-corrected chi connectivity index (χ1v) is 8.68. The van der Waals surface area contributed by atoms with Crippen molar-refractivity contribution in [3.8, 4) is 5.75 Å². The molecule has 0 unspecified atom stereocenters. The van der Waals surface area contributed by atoms with Gasteiger partial charge in [-0.3, -0.25) is 4.79 Å². The van der Waals surface area contributed by atoms with Crippen LogP contribution < -0.4 is 10.1 Å². The van der Waals surface area contributed by atoms with Gasteiger partial charge in [0.05, 0.1) is 15.7 Å². The Morgan fingerprint density at radius 2 is 1.88 bits per heavy atom. The number of carbonyl (C=O) groups excluding carboxylic acids is 1. The summed E-state index contributed by atoms with van der Waals surface area (Å²) in [5.41, 5.74) is 2.82. The quantitative estimate of drug-likeness (QED) is 0.660. The highest BCUT2D eigenvalue weighted by Crippen LogP contribution is 2.30. The van der Waals surface area contributed by atoms with Crippen LogP contribution in [0.2, 0.25) is 10.0 Å². The lowest BCUT2D eigenvalue weighted by molar-refractivity contribution is 0.102. The maximum Gasteiger partial charge on any atom is 0.276 e. The van der Waals surface area contributed by atoms with Gasteiger partial charge in [-0.2, -0.15) is 5.10 Å². The number of anilines is 1. The van der Waals surface area contributed by atoms with Crippen LogP contribution >= 0.6 is 23.2 Å². The number of hydrogen-bond acceptors (Lipinski definition) is 3. The number of benzene rings is 2. The first kappa shape index (κ1) is 18.3. The molecule has 0 aliphatic carbocycles. The number of nitrogens with zero attached hydrogens (tertiary/aromatic N) is 2. The van der Waals surface area contributed by atoms with E-state index in [9.17, 15) is 4.79 Å². The summed E-state index contributed by atoms with van der Waals surface area (Å²) in [6.45, 7) is 4.21. The van der Waals surface area contributed by atoms with Crippen molar-refractivity contribution in [2.24, 2.45) is 0 Å². The summed E-state index contributed by atoms with van der Waals surface area (Å²) in [6, 6.07) is 12.6. The Balaban J connectivity index is 1.66. The van der Waals surface area contributed by atoms with Crippen LogP contribution in [0.3, 0.4) is 0 Å². The van der Waals surface area contributed by atoms with Crippen LogP contribution in [0.1, 0.15) is 21.6 Å². The third kappa shape index (κ3) is 4.18. The van der Waals surface area contributed by atoms with Gasteiger partial charge in [0.25, 0.3) is 5.91 Å². The summed E-state index contributed by atoms with van der Waals surface area (Å²) < 4.78 is 7.30. The molecule has 134 valence electrons. The first-order valence-electron chi connectivity index (χ1n) is 7.93. The second kappa shape index (κ2) is 7.81. The van der Waals surface area contributed by atoms with Crippen LogP contribution in [-0.4, -0.2) is 15.7 Å². The van der Waals surface area contributed by atoms with E-state index in [0.29, 0.717) is 15.7 Å². The van der Waals surface area contributed by atoms with Gasteiger partial charge in [-0.05, 0) is 43.7 Å². The maximum absolute atomic E-state index is 12.4. The molecular weight excluding hydrogens is 373 g/mol. The van der Waals surface area contributed by atoms with Crippen molar-refractivity contribution in [1.82, 2.24) is 9.78 Å². The Morgan fingerprint density at radius 1 is 1.15 bits per heavy atom. The van der Waals surface area contributed by atoms with Crippen LogP contribution in [0, 0.1) is 13.8 Å². The number of hydrogen-bond donors (Lipinski definition) is 1. The lowest BCUT2D eigenvalue weighted by Crippen LogP contribution is -2.15. The van der Waals surface area contributed by atoms with Crippen molar-refractivity contribution in [2.75, 3.05) is 5.32 Å². The molecule has 3 rings (SSSR count). The molecule has 26 heavy (non-hydrogen) atoms. The van der Waals surface area contributed by atoms with Gasteiger partial charge < -0.3 is 10.1 Å². The smallest absolute Gasteiger partial charge is 0.276 e. The van der Waals surface area contributed by atoms with Gasteiger partial charge in [0.15, 0.2) is 12.4 Å². The number of amides is 1. The molecule has 2 aromatic carbocycles. The van der Waals surface area contributed by atoms with Crippen LogP contribution in [0.4, 0.5) is 5.69 Å². The van der Waals surface area contributed by atoms with E-state index in [1.807, 2.05) is 32.0 Å². The Labute approximate surface area is 161 Å². The molecule has 0 spiro atoms. The van der Waals surface area contributed by atoms with Crippen molar-refractivity contribution in [3.05, 3.63) is 75.5 Å². The lowest BCUT2D eigenvalue weighted by atomic mass is 10.1. The van der Waals surface area contributed by atoms with Crippen molar-refractivity contribution in [3.63, 3.8) is 0 Å². The van der Waals surface area contributed by atoms with Gasteiger partial charge in [-0.15, -0.1) is 0 Å². The Morgan fingerprint density at radius 3 is 2.58 bits per heavy atom. The molecular formula is C19H17Cl2N3O2. The third-order valence-corrected chi connectivity index (χ3v) is 4.39. The van der Waals surface area contributed by atoms with E-state index in [-0.39, 0.29) is 12.4 Å². The highest BCUT2D eigenvalue weighted by molar-refractivity contribution is 6.39. The highest BCUT2D eigenvalue weighted by Gasteiger charge is 2.14. The Hall–Kier alpha value is -2.50. The van der Waals surface area contributed by atoms with Gasteiger partial charge in [0.1, 0.15) is 5.75 Å². The van der Waals surface area contributed by atoms with E-state index in [0.717, 1.165) is 11.3 Å². The molecule has 1 N–H and O–H groups in total. The SMILES string of the molecule is Cc1ccc(OCn2ccc(C(=O)Nc3c(Cl)cccc3Cl)n2)c(C)c1. The molecule has 0 saturated carbocycles. The van der Waals surface area contributed by atoms with Gasteiger partial charge in [-0.25, -0.2) is 4.68 Å². The zero-order chi connectivity index (χ0) is 18.7. The van der Waals surface area contributed by atoms with Gasteiger partial charge in [0, 0.05) is 6.20 Å². The molecule has 5 nitrogen and oxygen atoms in total. The van der Waals surface area contributed by atoms with Gasteiger partial charge >= 0.3 is 0 Å². The van der Waals surface area contributed by atoms with E-state index in [1.54, 1.807) is 35.1 Å². The molecule has 0 aliphatic rings. The summed E-state index contributed by atoms with van der Waals surface area (Å²) >= 11 is 12.1. The Bertz CT molecular complexity index is 933.